The lowest BCUT2D eigenvalue weighted by atomic mass is 9.97. The van der Waals surface area contributed by atoms with Gasteiger partial charge in [-0.15, -0.1) is 0 Å². The van der Waals surface area contributed by atoms with E-state index in [-0.39, 0.29) is 24.3 Å². The number of hydrogen-bond donors (Lipinski definition) is 3. The van der Waals surface area contributed by atoms with E-state index >= 15 is 0 Å². The number of anilines is 2. The molecule has 0 aliphatic carbocycles. The third-order valence-electron chi connectivity index (χ3n) is 6.79. The molecule has 3 aliphatic heterocycles. The summed E-state index contributed by atoms with van der Waals surface area (Å²) in [5.41, 5.74) is 2.30. The van der Waals surface area contributed by atoms with Gasteiger partial charge in [0.05, 0.1) is 24.3 Å². The van der Waals surface area contributed by atoms with Gasteiger partial charge in [-0.1, -0.05) is 12.1 Å². The van der Waals surface area contributed by atoms with Crippen LogP contribution in [0.2, 0.25) is 0 Å². The van der Waals surface area contributed by atoms with Gasteiger partial charge in [0.1, 0.15) is 5.75 Å². The summed E-state index contributed by atoms with van der Waals surface area (Å²) < 4.78 is 44.8. The van der Waals surface area contributed by atoms with E-state index in [4.69, 9.17) is 4.74 Å². The number of ether oxygens (including phenoxy) is 1. The van der Waals surface area contributed by atoms with Crippen molar-refractivity contribution in [3.63, 3.8) is 0 Å². The van der Waals surface area contributed by atoms with Gasteiger partial charge in [0.2, 0.25) is 11.8 Å². The molecule has 0 spiro atoms. The molecule has 1 saturated heterocycles. The van der Waals surface area contributed by atoms with Crippen LogP contribution in [0, 0.1) is 0 Å². The van der Waals surface area contributed by atoms with Crippen LogP contribution < -0.4 is 15.4 Å². The first-order valence-corrected chi connectivity index (χ1v) is 11.9. The van der Waals surface area contributed by atoms with Gasteiger partial charge in [-0.2, -0.15) is 13.2 Å². The zero-order chi connectivity index (χ0) is 25.4. The molecule has 3 heterocycles. The largest absolute Gasteiger partial charge is 0.493 e. The maximum absolute atomic E-state index is 13.1. The summed E-state index contributed by atoms with van der Waals surface area (Å²) in [5, 5.41) is 15.5. The fraction of sp³-hybridized carbons (Fsp3) is 0.385. The number of amides is 2. The first-order chi connectivity index (χ1) is 17.2. The highest BCUT2D eigenvalue weighted by Crippen LogP contribution is 2.38. The molecular formula is C26H26F3N3O4. The van der Waals surface area contributed by atoms with Crippen molar-refractivity contribution in [3.05, 3.63) is 59.2 Å². The Hall–Kier alpha value is -3.37. The molecule has 1 unspecified atom stereocenters. The monoisotopic (exact) mass is 501 g/mol. The summed E-state index contributed by atoms with van der Waals surface area (Å²) in [6.07, 6.45) is -1.30. The normalized spacial score (nSPS) is 23.3. The highest BCUT2D eigenvalue weighted by atomic mass is 19.4. The second kappa shape index (κ2) is 9.59. The van der Waals surface area contributed by atoms with Crippen LogP contribution in [-0.4, -0.2) is 53.7 Å². The molecule has 0 radical (unpaired) electrons. The molecule has 0 aromatic heterocycles. The molecule has 2 aromatic carbocycles. The third kappa shape index (κ3) is 5.10. The number of likely N-dealkylation sites (tertiary alicyclic amines) is 1. The van der Waals surface area contributed by atoms with E-state index in [0.29, 0.717) is 61.3 Å². The number of β-amino-alcohol motifs (C(OH)–C–C–N with tert-alkyl or cyclic N) is 1. The van der Waals surface area contributed by atoms with Gasteiger partial charge in [-0.05, 0) is 61.1 Å². The molecular weight excluding hydrogens is 475 g/mol. The number of halogens is 3. The number of aliphatic hydroxyl groups is 1. The maximum atomic E-state index is 13.1. The Morgan fingerprint density at radius 2 is 2.06 bits per heavy atom. The smallest absolute Gasteiger partial charge is 0.416 e. The van der Waals surface area contributed by atoms with Crippen LogP contribution in [0.4, 0.5) is 24.5 Å². The zero-order valence-electron chi connectivity index (χ0n) is 19.4. The number of aliphatic hydroxyl groups excluding tert-OH is 1. The summed E-state index contributed by atoms with van der Waals surface area (Å²) in [6, 6.07) is 8.25. The van der Waals surface area contributed by atoms with Gasteiger partial charge < -0.3 is 20.5 Å². The predicted octanol–water partition coefficient (Wildman–Crippen LogP) is 3.83. The standard InChI is InChI=1S/C26H26F3N3O4/c27-26(28,29)17-4-6-20-15(2-1-9-36-23(20)12-17)11-24(34)30-18-5-3-16-10-22(25(35)31-21(16)13-18)32-8-7-19(33)14-32/h3-6,11-13,19,22,33H,1-2,7-10,14H2,(H,30,34)(H,31,35)/b15-11+/t19-,22?/m1/s1. The van der Waals surface area contributed by atoms with Crippen molar-refractivity contribution >= 4 is 28.8 Å². The number of alkyl halides is 3. The Kier molecular flexibility index (Phi) is 6.48. The van der Waals surface area contributed by atoms with E-state index in [1.807, 2.05) is 11.0 Å². The van der Waals surface area contributed by atoms with Crippen LogP contribution in [0.3, 0.4) is 0 Å². The lowest BCUT2D eigenvalue weighted by molar-refractivity contribution is -0.137. The summed E-state index contributed by atoms with van der Waals surface area (Å²) in [6.45, 7) is 1.40. The topological polar surface area (TPSA) is 90.9 Å². The van der Waals surface area contributed by atoms with Crippen molar-refractivity contribution in [2.75, 3.05) is 30.3 Å². The molecule has 2 atom stereocenters. The number of nitrogens with one attached hydrogen (secondary N) is 2. The van der Waals surface area contributed by atoms with E-state index in [1.54, 1.807) is 12.1 Å². The Balaban J connectivity index is 1.31. The molecule has 2 amide bonds. The Bertz CT molecular complexity index is 1230. The first-order valence-electron chi connectivity index (χ1n) is 11.9. The minimum absolute atomic E-state index is 0.109. The van der Waals surface area contributed by atoms with Crippen LogP contribution in [0.25, 0.3) is 5.57 Å². The number of fused-ring (bicyclic) bond motifs is 2. The average Bonchev–Trinajstić information content (AvgIpc) is 3.15. The fourth-order valence-electron chi connectivity index (χ4n) is 4.96. The summed E-state index contributed by atoms with van der Waals surface area (Å²) in [7, 11) is 0. The molecule has 190 valence electrons. The molecule has 3 aliphatic rings. The van der Waals surface area contributed by atoms with Crippen molar-refractivity contribution in [1.29, 1.82) is 0 Å². The maximum Gasteiger partial charge on any atom is 0.416 e. The van der Waals surface area contributed by atoms with Crippen molar-refractivity contribution in [3.8, 4) is 5.75 Å². The lowest BCUT2D eigenvalue weighted by Gasteiger charge is -2.31. The summed E-state index contributed by atoms with van der Waals surface area (Å²) in [4.78, 5) is 27.4. The van der Waals surface area contributed by atoms with Gasteiger partial charge in [0.15, 0.2) is 0 Å². The highest BCUT2D eigenvalue weighted by Gasteiger charge is 2.35. The molecule has 36 heavy (non-hydrogen) atoms. The third-order valence-corrected chi connectivity index (χ3v) is 6.79. The highest BCUT2D eigenvalue weighted by molar-refractivity contribution is 6.05. The van der Waals surface area contributed by atoms with Gasteiger partial charge in [-0.25, -0.2) is 0 Å². The molecule has 2 aromatic rings. The molecule has 0 bridgehead atoms. The zero-order valence-corrected chi connectivity index (χ0v) is 19.4. The average molecular weight is 502 g/mol. The van der Waals surface area contributed by atoms with Crippen molar-refractivity contribution in [1.82, 2.24) is 4.90 Å². The van der Waals surface area contributed by atoms with Gasteiger partial charge in [-0.3, -0.25) is 14.5 Å². The molecule has 7 nitrogen and oxygen atoms in total. The Labute approximate surface area is 205 Å². The second-order valence-electron chi connectivity index (χ2n) is 9.34. The van der Waals surface area contributed by atoms with E-state index in [1.165, 1.54) is 12.1 Å². The van der Waals surface area contributed by atoms with E-state index in [2.05, 4.69) is 10.6 Å². The van der Waals surface area contributed by atoms with Gasteiger partial charge >= 0.3 is 6.18 Å². The van der Waals surface area contributed by atoms with E-state index in [9.17, 15) is 27.9 Å². The predicted molar refractivity (Wildman–Crippen MR) is 128 cm³/mol. The summed E-state index contributed by atoms with van der Waals surface area (Å²) in [5.74, 6) is -0.461. The van der Waals surface area contributed by atoms with Crippen LogP contribution in [0.5, 0.6) is 5.75 Å². The Morgan fingerprint density at radius 1 is 1.22 bits per heavy atom. The number of carbonyl (C=O) groups is 2. The molecule has 10 heteroatoms. The quantitative estimate of drug-likeness (QED) is 0.557. The minimum atomic E-state index is -4.48. The van der Waals surface area contributed by atoms with Crippen LogP contribution >= 0.6 is 0 Å². The number of carbonyl (C=O) groups excluding carboxylic acids is 2. The first kappa shape index (κ1) is 24.3. The number of nitrogens with zero attached hydrogens (tertiary/aromatic N) is 1. The fourth-order valence-corrected chi connectivity index (χ4v) is 4.96. The number of hydrogen-bond acceptors (Lipinski definition) is 5. The number of rotatable bonds is 3. The molecule has 5 rings (SSSR count). The number of allylic oxidation sites excluding steroid dienone is 1. The van der Waals surface area contributed by atoms with Crippen molar-refractivity contribution in [2.24, 2.45) is 0 Å². The molecule has 0 saturated carbocycles. The van der Waals surface area contributed by atoms with E-state index < -0.39 is 23.8 Å². The SMILES string of the molecule is O=C(/C=C1\CCCOc2cc(C(F)(F)F)ccc21)Nc1ccc2c(c1)NC(=O)C(N1CC[C@@H](O)C1)C2. The number of benzene rings is 2. The van der Waals surface area contributed by atoms with Crippen LogP contribution in [0.1, 0.15) is 36.0 Å². The molecule has 1 fully saturated rings. The Morgan fingerprint density at radius 3 is 2.81 bits per heavy atom. The summed E-state index contributed by atoms with van der Waals surface area (Å²) >= 11 is 0. The van der Waals surface area contributed by atoms with Crippen molar-refractivity contribution in [2.45, 2.75) is 44.0 Å². The lowest BCUT2D eigenvalue weighted by Crippen LogP contribution is -2.47. The molecule has 3 N–H and O–H groups in total. The van der Waals surface area contributed by atoms with E-state index in [0.717, 1.165) is 17.7 Å². The van der Waals surface area contributed by atoms with Gasteiger partial charge in [0, 0.05) is 36.1 Å². The minimum Gasteiger partial charge on any atom is -0.493 e. The second-order valence-corrected chi connectivity index (χ2v) is 9.34. The van der Waals surface area contributed by atoms with Crippen molar-refractivity contribution < 1.29 is 32.6 Å². The van der Waals surface area contributed by atoms with Gasteiger partial charge in [0.25, 0.3) is 0 Å². The van der Waals surface area contributed by atoms with Crippen LogP contribution in [-0.2, 0) is 22.2 Å². The van der Waals surface area contributed by atoms with Crippen LogP contribution in [0.15, 0.2) is 42.5 Å².